The van der Waals surface area contributed by atoms with E-state index in [9.17, 15) is 43.2 Å². The highest BCUT2D eigenvalue weighted by Gasteiger charge is 2.30. The van der Waals surface area contributed by atoms with Crippen LogP contribution < -0.4 is 0 Å². The predicted octanol–water partition coefficient (Wildman–Crippen LogP) is 22.8. The fourth-order valence-corrected chi connectivity index (χ4v) is 13.5. The van der Waals surface area contributed by atoms with E-state index in [4.69, 9.17) is 37.0 Å². The number of phosphoric ester groups is 2. The first-order valence-electron chi connectivity index (χ1n) is 40.2. The van der Waals surface area contributed by atoms with E-state index in [1.54, 1.807) is 0 Å². The fraction of sp³-hybridized carbons (Fsp3) is 0.949. The Balaban J connectivity index is 5.26. The zero-order chi connectivity index (χ0) is 71.7. The molecule has 0 radical (unpaired) electrons. The topological polar surface area (TPSA) is 237 Å². The lowest BCUT2D eigenvalue weighted by molar-refractivity contribution is -0.161. The van der Waals surface area contributed by atoms with Crippen molar-refractivity contribution in [3.8, 4) is 0 Å². The van der Waals surface area contributed by atoms with E-state index in [-0.39, 0.29) is 25.7 Å². The minimum absolute atomic E-state index is 0.104. The number of aliphatic hydroxyl groups excluding tert-OH is 1. The molecule has 0 heterocycles. The third kappa shape index (κ3) is 70.9. The number of unbranched alkanes of at least 4 members (excludes halogenated alkanes) is 40. The van der Waals surface area contributed by atoms with Gasteiger partial charge in [-0.05, 0) is 49.4 Å². The molecule has 0 aliphatic carbocycles. The number of carbonyl (C=O) groups is 4. The number of rotatable bonds is 75. The maximum absolute atomic E-state index is 13.1. The molecule has 97 heavy (non-hydrogen) atoms. The van der Waals surface area contributed by atoms with E-state index in [0.717, 1.165) is 114 Å². The second-order valence-corrected chi connectivity index (χ2v) is 32.7. The number of ether oxygens (including phenoxy) is 4. The molecule has 0 spiro atoms. The summed E-state index contributed by atoms with van der Waals surface area (Å²) >= 11 is 0. The molecular weight excluding hydrogens is 1270 g/mol. The number of aliphatic hydroxyl groups is 1. The van der Waals surface area contributed by atoms with Crippen LogP contribution in [0.25, 0.3) is 0 Å². The molecule has 17 nitrogen and oxygen atoms in total. The summed E-state index contributed by atoms with van der Waals surface area (Å²) in [4.78, 5) is 72.9. The Kier molecular flexibility index (Phi) is 65.9. The van der Waals surface area contributed by atoms with Crippen molar-refractivity contribution in [1.82, 2.24) is 0 Å². The third-order valence-corrected chi connectivity index (χ3v) is 20.3. The van der Waals surface area contributed by atoms with E-state index < -0.39 is 97.5 Å². The lowest BCUT2D eigenvalue weighted by atomic mass is 9.99. The monoisotopic (exact) mass is 1420 g/mol. The largest absolute Gasteiger partial charge is 0.472 e. The van der Waals surface area contributed by atoms with Crippen LogP contribution in [0.5, 0.6) is 0 Å². The Labute approximate surface area is 594 Å². The van der Waals surface area contributed by atoms with Crippen molar-refractivity contribution in [2.75, 3.05) is 39.6 Å². The van der Waals surface area contributed by atoms with E-state index in [1.165, 1.54) is 199 Å². The van der Waals surface area contributed by atoms with Crippen LogP contribution in [0.15, 0.2) is 0 Å². The molecule has 19 heteroatoms. The minimum atomic E-state index is -4.96. The number of hydrogen-bond donors (Lipinski definition) is 3. The van der Waals surface area contributed by atoms with Crippen molar-refractivity contribution in [1.29, 1.82) is 0 Å². The van der Waals surface area contributed by atoms with Crippen LogP contribution in [-0.4, -0.2) is 96.7 Å². The highest BCUT2D eigenvalue weighted by atomic mass is 31.2. The molecular formula is C78H152O17P2. The van der Waals surface area contributed by atoms with Crippen molar-refractivity contribution >= 4 is 39.5 Å². The van der Waals surface area contributed by atoms with Gasteiger partial charge in [0.05, 0.1) is 26.4 Å². The standard InChI is InChI=1S/C78H152O17P2/c1-9-71(8)57-49-41-33-27-29-37-45-53-61-78(83)95-74(65-89-76(81)59-51-43-35-28-26-32-40-48-56-70(6)7)67-93-97(86,87)91-63-72(79)62-90-96(84,85)92-66-73(64-88-75(80)58-50-42-34-24-20-17-13-15-19-23-31-39-47-55-69(4)5)94-77(82)60-52-44-36-25-21-16-12-10-11-14-18-22-30-38-46-54-68(2)3/h68-74,79H,9-67H2,1-8H3,(H,84,85)(H,86,87)/t71?,72?,73-,74-/m1/s1. The Morgan fingerprint density at radius 1 is 0.289 bits per heavy atom. The molecule has 0 saturated heterocycles. The normalized spacial score (nSPS) is 14.4. The maximum Gasteiger partial charge on any atom is 0.472 e. The first-order chi connectivity index (χ1) is 46.6. The lowest BCUT2D eigenvalue weighted by Crippen LogP contribution is -2.30. The Hall–Kier alpha value is -1.94. The van der Waals surface area contributed by atoms with Crippen molar-refractivity contribution in [2.45, 2.75) is 414 Å². The molecule has 0 aliphatic rings. The third-order valence-electron chi connectivity index (χ3n) is 18.4. The first-order valence-corrected chi connectivity index (χ1v) is 43.2. The Morgan fingerprint density at radius 2 is 0.495 bits per heavy atom. The Bertz CT molecular complexity index is 1900. The zero-order valence-corrected chi connectivity index (χ0v) is 65.5. The highest BCUT2D eigenvalue weighted by Crippen LogP contribution is 2.45. The van der Waals surface area contributed by atoms with Crippen molar-refractivity contribution in [3.63, 3.8) is 0 Å². The van der Waals surface area contributed by atoms with Gasteiger partial charge in [-0.1, -0.05) is 344 Å². The SMILES string of the molecule is CCC(C)CCCCCCCCCCC(=O)O[C@H](COC(=O)CCCCCCCCCCC(C)C)COP(=O)(O)OCC(O)COP(=O)(O)OC[C@@H](COC(=O)CCCCCCCCCCCCCCCC(C)C)OC(=O)CCCCCCCCCCCCCCCCCC(C)C. The van der Waals surface area contributed by atoms with Gasteiger partial charge in [0.1, 0.15) is 19.3 Å². The summed E-state index contributed by atoms with van der Waals surface area (Å²) in [6.45, 7) is 14.2. The van der Waals surface area contributed by atoms with Crippen LogP contribution in [0, 0.1) is 23.7 Å². The molecule has 0 aromatic heterocycles. The van der Waals surface area contributed by atoms with Gasteiger partial charge < -0.3 is 33.8 Å². The summed E-state index contributed by atoms with van der Waals surface area (Å²) in [5.41, 5.74) is 0. The fourth-order valence-electron chi connectivity index (χ4n) is 11.9. The van der Waals surface area contributed by atoms with Gasteiger partial charge in [0, 0.05) is 25.7 Å². The number of carbonyl (C=O) groups excluding carboxylic acids is 4. The maximum atomic E-state index is 13.1. The summed E-state index contributed by atoms with van der Waals surface area (Å²) in [5, 5.41) is 10.6. The average Bonchev–Trinajstić information content (AvgIpc) is 1.62. The number of hydrogen-bond acceptors (Lipinski definition) is 15. The quantitative estimate of drug-likeness (QED) is 0.0222. The molecule has 0 bridgehead atoms. The second kappa shape index (κ2) is 67.2. The highest BCUT2D eigenvalue weighted by molar-refractivity contribution is 7.47. The van der Waals surface area contributed by atoms with Crippen molar-refractivity contribution < 1.29 is 80.2 Å². The second-order valence-electron chi connectivity index (χ2n) is 29.8. The van der Waals surface area contributed by atoms with Gasteiger partial charge in [-0.25, -0.2) is 9.13 Å². The lowest BCUT2D eigenvalue weighted by Gasteiger charge is -2.21. The summed E-state index contributed by atoms with van der Waals surface area (Å²) in [7, 11) is -9.92. The molecule has 0 fully saturated rings. The summed E-state index contributed by atoms with van der Waals surface area (Å²) in [6.07, 6.45) is 52.7. The smallest absolute Gasteiger partial charge is 0.462 e. The van der Waals surface area contributed by atoms with Gasteiger partial charge in [0.15, 0.2) is 12.2 Å². The zero-order valence-electron chi connectivity index (χ0n) is 63.7. The van der Waals surface area contributed by atoms with E-state index in [0.29, 0.717) is 25.7 Å². The van der Waals surface area contributed by atoms with Gasteiger partial charge in [-0.3, -0.25) is 37.3 Å². The molecule has 3 N–H and O–H groups in total. The minimum Gasteiger partial charge on any atom is -0.462 e. The molecule has 0 aromatic carbocycles. The molecule has 0 aromatic rings. The van der Waals surface area contributed by atoms with Gasteiger partial charge in [-0.2, -0.15) is 0 Å². The summed E-state index contributed by atoms with van der Waals surface area (Å²) in [5.74, 6) is 0.970. The van der Waals surface area contributed by atoms with Gasteiger partial charge >= 0.3 is 39.5 Å². The van der Waals surface area contributed by atoms with Crippen LogP contribution in [0.2, 0.25) is 0 Å². The van der Waals surface area contributed by atoms with Crippen molar-refractivity contribution in [3.05, 3.63) is 0 Å². The van der Waals surface area contributed by atoms with Gasteiger partial charge in [0.25, 0.3) is 0 Å². The number of phosphoric acid groups is 2. The van der Waals surface area contributed by atoms with E-state index >= 15 is 0 Å². The molecule has 576 valence electrons. The molecule has 0 rings (SSSR count). The van der Waals surface area contributed by atoms with Crippen LogP contribution in [0.4, 0.5) is 0 Å². The average molecular weight is 1420 g/mol. The predicted molar refractivity (Wildman–Crippen MR) is 395 cm³/mol. The van der Waals surface area contributed by atoms with Crippen LogP contribution in [-0.2, 0) is 65.4 Å². The van der Waals surface area contributed by atoms with E-state index in [2.05, 4.69) is 55.4 Å². The first kappa shape index (κ1) is 95.1. The Morgan fingerprint density at radius 3 is 0.732 bits per heavy atom. The summed E-state index contributed by atoms with van der Waals surface area (Å²) < 4.78 is 68.6. The molecule has 6 atom stereocenters. The molecule has 0 aliphatic heterocycles. The molecule has 4 unspecified atom stereocenters. The van der Waals surface area contributed by atoms with E-state index in [1.807, 2.05) is 0 Å². The number of esters is 4. The van der Waals surface area contributed by atoms with Crippen LogP contribution in [0.3, 0.4) is 0 Å². The van der Waals surface area contributed by atoms with Gasteiger partial charge in [0.2, 0.25) is 0 Å². The van der Waals surface area contributed by atoms with Gasteiger partial charge in [-0.15, -0.1) is 0 Å². The molecule has 0 saturated carbocycles. The van der Waals surface area contributed by atoms with Crippen LogP contribution >= 0.6 is 15.6 Å². The summed E-state index contributed by atoms with van der Waals surface area (Å²) in [6, 6.07) is 0. The van der Waals surface area contributed by atoms with Crippen molar-refractivity contribution in [2.24, 2.45) is 23.7 Å². The molecule has 0 amide bonds. The van der Waals surface area contributed by atoms with Crippen LogP contribution in [0.1, 0.15) is 396 Å².